The number of halogens is 3. The maximum absolute atomic E-state index is 14.4. The molecule has 8 nitrogen and oxygen atoms in total. The molecule has 32 heavy (non-hydrogen) atoms. The van der Waals surface area contributed by atoms with E-state index in [0.717, 1.165) is 0 Å². The van der Waals surface area contributed by atoms with Crippen molar-refractivity contribution in [3.05, 3.63) is 35.8 Å². The summed E-state index contributed by atoms with van der Waals surface area (Å²) in [5.74, 6) is -3.48. The molecule has 2 aliphatic rings. The Balaban J connectivity index is 1.58. The van der Waals surface area contributed by atoms with Crippen molar-refractivity contribution < 1.29 is 27.1 Å². The zero-order valence-corrected chi connectivity index (χ0v) is 16.9. The van der Waals surface area contributed by atoms with E-state index in [9.17, 15) is 18.3 Å². The molecule has 5 rings (SSSR count). The van der Waals surface area contributed by atoms with E-state index in [1.54, 1.807) is 0 Å². The topological polar surface area (TPSA) is 97.1 Å². The molecule has 0 amide bonds. The van der Waals surface area contributed by atoms with Crippen molar-refractivity contribution in [1.29, 1.82) is 0 Å². The van der Waals surface area contributed by atoms with Gasteiger partial charge in [-0.3, -0.25) is 4.57 Å². The van der Waals surface area contributed by atoms with Gasteiger partial charge in [-0.25, -0.2) is 23.1 Å². The number of rotatable bonds is 5. The van der Waals surface area contributed by atoms with Crippen LogP contribution >= 0.6 is 0 Å². The van der Waals surface area contributed by atoms with E-state index in [2.05, 4.69) is 25.6 Å². The second-order valence-electron chi connectivity index (χ2n) is 7.82. The molecule has 3 heterocycles. The lowest BCUT2D eigenvalue weighted by molar-refractivity contribution is 0.126. The highest BCUT2D eigenvalue weighted by molar-refractivity contribution is 5.76. The summed E-state index contributed by atoms with van der Waals surface area (Å²) in [5.41, 5.74) is -0.369. The van der Waals surface area contributed by atoms with E-state index in [0.29, 0.717) is 37.8 Å². The Morgan fingerprint density at radius 1 is 1.12 bits per heavy atom. The van der Waals surface area contributed by atoms with Crippen LogP contribution in [0.5, 0.6) is 0 Å². The quantitative estimate of drug-likeness (QED) is 0.545. The minimum absolute atomic E-state index is 0.0254. The number of hydrogen-bond donors (Lipinski definition) is 3. The molecular weight excluding hydrogens is 425 g/mol. The molecule has 1 aromatic carbocycles. The van der Waals surface area contributed by atoms with Crippen LogP contribution in [0.2, 0.25) is 0 Å². The van der Waals surface area contributed by atoms with Crippen molar-refractivity contribution in [3.63, 3.8) is 0 Å². The number of benzene rings is 1. The van der Waals surface area contributed by atoms with Crippen LogP contribution in [-0.2, 0) is 4.74 Å². The van der Waals surface area contributed by atoms with Crippen LogP contribution in [0.3, 0.4) is 0 Å². The van der Waals surface area contributed by atoms with Crippen LogP contribution in [0, 0.1) is 17.5 Å². The normalized spacial score (nSPS) is 28.8. The van der Waals surface area contributed by atoms with Gasteiger partial charge in [-0.1, -0.05) is 0 Å². The van der Waals surface area contributed by atoms with Crippen LogP contribution in [0.4, 0.5) is 30.8 Å². The number of hydrogen-bond acceptors (Lipinski definition) is 7. The standard InChI is InChI=1S/C21H23F3N6O2/c22-11-7-15(23)18(16(24)8-11)28-21-27-17-9-25-20(26-12-1-3-14(31)4-2-12)29-19(17)30(21)13-5-6-32-10-13/h7-9,12-14,31H,1-6,10H2,(H,27,28)(H,25,26,29)/i5D2,10D. The summed E-state index contributed by atoms with van der Waals surface area (Å²) < 4.78 is 73.5. The van der Waals surface area contributed by atoms with Crippen LogP contribution in [0.25, 0.3) is 11.2 Å². The first-order chi connectivity index (χ1) is 16.6. The summed E-state index contributed by atoms with van der Waals surface area (Å²) in [7, 11) is 0. The van der Waals surface area contributed by atoms with Gasteiger partial charge in [0, 0.05) is 27.5 Å². The molecule has 0 spiro atoms. The third kappa shape index (κ3) is 4.09. The van der Waals surface area contributed by atoms with Gasteiger partial charge in [-0.05, 0) is 32.1 Å². The lowest BCUT2D eigenvalue weighted by Crippen LogP contribution is -2.29. The summed E-state index contributed by atoms with van der Waals surface area (Å²) in [6.45, 7) is -1.72. The monoisotopic (exact) mass is 451 g/mol. The minimum Gasteiger partial charge on any atom is -0.393 e. The van der Waals surface area contributed by atoms with E-state index >= 15 is 0 Å². The molecule has 0 radical (unpaired) electrons. The van der Waals surface area contributed by atoms with Crippen LogP contribution in [0.15, 0.2) is 18.3 Å². The molecule has 170 valence electrons. The number of fused-ring (bicyclic) bond motifs is 1. The number of anilines is 3. The minimum atomic E-state index is -2.02. The van der Waals surface area contributed by atoms with Gasteiger partial charge in [0.1, 0.15) is 17.0 Å². The predicted octanol–water partition coefficient (Wildman–Crippen LogP) is 3.66. The SMILES string of the molecule is [2H]C1OCC([2H])([2H])C1n1c(Nc2c(F)cc(F)cc2F)nc2cnc(NC3CCC(O)CC3)nc21. The Kier molecular flexibility index (Phi) is 4.71. The molecule has 1 saturated heterocycles. The maximum Gasteiger partial charge on any atom is 0.224 e. The lowest BCUT2D eigenvalue weighted by Gasteiger charge is -2.26. The number of aliphatic hydroxyl groups excluding tert-OH is 1. The second kappa shape index (κ2) is 8.55. The van der Waals surface area contributed by atoms with E-state index in [-0.39, 0.29) is 41.8 Å². The largest absolute Gasteiger partial charge is 0.393 e. The zero-order chi connectivity index (χ0) is 24.9. The fourth-order valence-electron chi connectivity index (χ4n) is 3.96. The van der Waals surface area contributed by atoms with Gasteiger partial charge in [0.2, 0.25) is 11.9 Å². The van der Waals surface area contributed by atoms with Crippen LogP contribution < -0.4 is 10.6 Å². The first-order valence-electron chi connectivity index (χ1n) is 11.8. The Hall–Kier alpha value is -2.92. The third-order valence-electron chi connectivity index (χ3n) is 5.59. The van der Waals surface area contributed by atoms with Gasteiger partial charge in [0.25, 0.3) is 0 Å². The number of aliphatic hydroxyl groups is 1. The van der Waals surface area contributed by atoms with Crippen LogP contribution in [-0.4, -0.2) is 50.0 Å². The van der Waals surface area contributed by atoms with Gasteiger partial charge in [-0.2, -0.15) is 4.98 Å². The zero-order valence-electron chi connectivity index (χ0n) is 19.9. The summed E-state index contributed by atoms with van der Waals surface area (Å²) in [6, 6.07) is -0.217. The first kappa shape index (κ1) is 17.6. The Morgan fingerprint density at radius 3 is 2.56 bits per heavy atom. The molecule has 2 fully saturated rings. The summed E-state index contributed by atoms with van der Waals surface area (Å²) in [6.07, 6.45) is 1.73. The molecule has 2 atom stereocenters. The van der Waals surface area contributed by atoms with Gasteiger partial charge in [0.15, 0.2) is 17.3 Å². The fraction of sp³-hybridized carbons (Fsp3) is 0.476. The molecule has 2 unspecified atom stereocenters. The Labute approximate surface area is 186 Å². The third-order valence-corrected chi connectivity index (χ3v) is 5.59. The van der Waals surface area contributed by atoms with E-state index in [1.165, 1.54) is 10.8 Å². The smallest absolute Gasteiger partial charge is 0.224 e. The number of imidazole rings is 1. The van der Waals surface area contributed by atoms with Gasteiger partial charge in [0.05, 0.1) is 26.3 Å². The van der Waals surface area contributed by atoms with Gasteiger partial charge < -0.3 is 20.5 Å². The van der Waals surface area contributed by atoms with Crippen molar-refractivity contribution in [1.82, 2.24) is 19.5 Å². The molecule has 1 aliphatic carbocycles. The van der Waals surface area contributed by atoms with Crippen molar-refractivity contribution >= 4 is 28.7 Å². The van der Waals surface area contributed by atoms with Crippen molar-refractivity contribution in [2.45, 2.75) is 50.2 Å². The van der Waals surface area contributed by atoms with Gasteiger partial charge in [-0.15, -0.1) is 0 Å². The molecule has 3 aromatic rings. The molecule has 1 saturated carbocycles. The van der Waals surface area contributed by atoms with Crippen molar-refractivity contribution in [3.8, 4) is 0 Å². The Morgan fingerprint density at radius 2 is 1.88 bits per heavy atom. The first-order valence-corrected chi connectivity index (χ1v) is 10.3. The number of nitrogens with one attached hydrogen (secondary N) is 2. The molecule has 0 bridgehead atoms. The molecule has 2 aromatic heterocycles. The lowest BCUT2D eigenvalue weighted by atomic mass is 9.93. The maximum atomic E-state index is 14.4. The Bertz CT molecular complexity index is 1230. The summed E-state index contributed by atoms with van der Waals surface area (Å²) in [5, 5.41) is 15.4. The highest BCUT2D eigenvalue weighted by atomic mass is 19.1. The number of aromatic nitrogens is 4. The highest BCUT2D eigenvalue weighted by Crippen LogP contribution is 2.32. The van der Waals surface area contributed by atoms with E-state index in [1.807, 2.05) is 0 Å². The number of ether oxygens (including phenoxy) is 1. The average Bonchev–Trinajstić information content (AvgIpc) is 3.26. The van der Waals surface area contributed by atoms with Crippen LogP contribution in [0.1, 0.15) is 42.2 Å². The molecular formula is C21H23F3N6O2. The van der Waals surface area contributed by atoms with E-state index < -0.39 is 42.1 Å². The van der Waals surface area contributed by atoms with Crippen molar-refractivity contribution in [2.24, 2.45) is 0 Å². The number of nitrogens with zero attached hydrogens (tertiary/aromatic N) is 4. The molecule has 1 aliphatic heterocycles. The molecule has 11 heteroatoms. The second-order valence-corrected chi connectivity index (χ2v) is 7.82. The van der Waals surface area contributed by atoms with Crippen molar-refractivity contribution in [2.75, 3.05) is 23.8 Å². The summed E-state index contributed by atoms with van der Waals surface area (Å²) >= 11 is 0. The summed E-state index contributed by atoms with van der Waals surface area (Å²) in [4.78, 5) is 13.0. The highest BCUT2D eigenvalue weighted by Gasteiger charge is 2.27. The molecule has 3 N–H and O–H groups in total. The average molecular weight is 451 g/mol. The van der Waals surface area contributed by atoms with Gasteiger partial charge >= 0.3 is 0 Å². The predicted molar refractivity (Wildman–Crippen MR) is 111 cm³/mol. The fourth-order valence-corrected chi connectivity index (χ4v) is 3.96. The van der Waals surface area contributed by atoms with E-state index in [4.69, 9.17) is 8.85 Å².